The molecule has 0 aliphatic heterocycles. The van der Waals surface area contributed by atoms with E-state index in [0.29, 0.717) is 25.3 Å². The topological polar surface area (TPSA) is 67.4 Å². The van der Waals surface area contributed by atoms with Crippen molar-refractivity contribution < 1.29 is 14.3 Å². The third-order valence-corrected chi connectivity index (χ3v) is 2.59. The summed E-state index contributed by atoms with van der Waals surface area (Å²) in [5.74, 6) is -1.32. The normalized spacial score (nSPS) is 9.89. The number of carbonyl (C=O) groups excluding carboxylic acids is 2. The molecule has 2 amide bonds. The van der Waals surface area contributed by atoms with E-state index in [1.54, 1.807) is 25.3 Å². The van der Waals surface area contributed by atoms with Crippen molar-refractivity contribution in [3.05, 3.63) is 28.7 Å². The zero-order valence-corrected chi connectivity index (χ0v) is 11.6. The highest BCUT2D eigenvalue weighted by molar-refractivity contribution is 9.10. The average Bonchev–Trinajstić information content (AvgIpc) is 2.34. The standard InChI is InChI=1S/C12H15BrN2O3/c1-18-7-3-6-14-11(16)12(17)15-10-5-2-4-9(13)8-10/h2,4-5,8H,3,6-7H2,1H3,(H,14,16)(H,15,17). The van der Waals surface area contributed by atoms with Crippen LogP contribution in [0.2, 0.25) is 0 Å². The van der Waals surface area contributed by atoms with Crippen LogP contribution < -0.4 is 10.6 Å². The van der Waals surface area contributed by atoms with Crippen molar-refractivity contribution in [2.24, 2.45) is 0 Å². The Morgan fingerprint density at radius 2 is 2.11 bits per heavy atom. The molecule has 0 atom stereocenters. The van der Waals surface area contributed by atoms with E-state index >= 15 is 0 Å². The first-order valence-corrected chi connectivity index (χ1v) is 6.26. The first-order chi connectivity index (χ1) is 8.63. The Balaban J connectivity index is 2.38. The van der Waals surface area contributed by atoms with Gasteiger partial charge in [0.15, 0.2) is 0 Å². The molecule has 1 aromatic carbocycles. The van der Waals surface area contributed by atoms with E-state index in [-0.39, 0.29) is 0 Å². The third kappa shape index (κ3) is 5.29. The van der Waals surface area contributed by atoms with Crippen LogP contribution in [-0.4, -0.2) is 32.1 Å². The Morgan fingerprint density at radius 1 is 1.33 bits per heavy atom. The highest BCUT2D eigenvalue weighted by Gasteiger charge is 2.12. The van der Waals surface area contributed by atoms with Gasteiger partial charge in [-0.1, -0.05) is 22.0 Å². The summed E-state index contributed by atoms with van der Waals surface area (Å²) in [7, 11) is 1.59. The molecular weight excluding hydrogens is 300 g/mol. The van der Waals surface area contributed by atoms with Gasteiger partial charge in [0.2, 0.25) is 0 Å². The van der Waals surface area contributed by atoms with Crippen molar-refractivity contribution >= 4 is 33.4 Å². The number of ether oxygens (including phenoxy) is 1. The maximum absolute atomic E-state index is 11.5. The summed E-state index contributed by atoms with van der Waals surface area (Å²) in [4.78, 5) is 22.9. The minimum atomic E-state index is -0.675. The molecule has 0 aromatic heterocycles. The van der Waals surface area contributed by atoms with E-state index in [4.69, 9.17) is 4.74 Å². The van der Waals surface area contributed by atoms with E-state index in [1.165, 1.54) is 0 Å². The smallest absolute Gasteiger partial charge is 0.313 e. The van der Waals surface area contributed by atoms with Gasteiger partial charge in [-0.25, -0.2) is 0 Å². The number of nitrogens with one attached hydrogen (secondary N) is 2. The lowest BCUT2D eigenvalue weighted by molar-refractivity contribution is -0.136. The average molecular weight is 315 g/mol. The van der Waals surface area contributed by atoms with Crippen LogP contribution in [-0.2, 0) is 14.3 Å². The Labute approximate surface area is 114 Å². The first kappa shape index (κ1) is 14.7. The van der Waals surface area contributed by atoms with Crippen molar-refractivity contribution in [2.75, 3.05) is 25.6 Å². The molecule has 0 heterocycles. The molecule has 0 unspecified atom stereocenters. The minimum absolute atomic E-state index is 0.415. The summed E-state index contributed by atoms with van der Waals surface area (Å²) in [6.45, 7) is 0.964. The molecule has 0 aliphatic carbocycles. The van der Waals surface area contributed by atoms with Crippen LogP contribution in [0.15, 0.2) is 28.7 Å². The summed E-state index contributed by atoms with van der Waals surface area (Å²) >= 11 is 3.28. The number of benzene rings is 1. The molecule has 98 valence electrons. The number of methoxy groups -OCH3 is 1. The lowest BCUT2D eigenvalue weighted by Crippen LogP contribution is -2.36. The van der Waals surface area contributed by atoms with Crippen molar-refractivity contribution in [1.29, 1.82) is 0 Å². The molecule has 0 fully saturated rings. The Morgan fingerprint density at radius 3 is 2.78 bits per heavy atom. The van der Waals surface area contributed by atoms with Gasteiger partial charge in [0.25, 0.3) is 0 Å². The van der Waals surface area contributed by atoms with Crippen LogP contribution in [0, 0.1) is 0 Å². The Hall–Kier alpha value is -1.40. The van der Waals surface area contributed by atoms with Gasteiger partial charge in [-0.3, -0.25) is 9.59 Å². The third-order valence-electron chi connectivity index (χ3n) is 2.10. The highest BCUT2D eigenvalue weighted by atomic mass is 79.9. The zero-order chi connectivity index (χ0) is 13.4. The fourth-order valence-electron chi connectivity index (χ4n) is 1.25. The summed E-state index contributed by atoms with van der Waals surface area (Å²) < 4.78 is 5.67. The van der Waals surface area contributed by atoms with Crippen molar-refractivity contribution in [3.8, 4) is 0 Å². The highest BCUT2D eigenvalue weighted by Crippen LogP contribution is 2.15. The lowest BCUT2D eigenvalue weighted by atomic mass is 10.3. The van der Waals surface area contributed by atoms with Crippen molar-refractivity contribution in [2.45, 2.75) is 6.42 Å². The van der Waals surface area contributed by atoms with Gasteiger partial charge in [0.05, 0.1) is 0 Å². The van der Waals surface area contributed by atoms with E-state index in [0.717, 1.165) is 4.47 Å². The van der Waals surface area contributed by atoms with Crippen LogP contribution >= 0.6 is 15.9 Å². The lowest BCUT2D eigenvalue weighted by Gasteiger charge is -2.06. The zero-order valence-electron chi connectivity index (χ0n) is 10.0. The molecule has 0 radical (unpaired) electrons. The molecule has 0 aliphatic rings. The molecule has 5 nitrogen and oxygen atoms in total. The molecular formula is C12H15BrN2O3. The predicted octanol–water partition coefficient (Wildman–Crippen LogP) is 1.54. The molecule has 1 aromatic rings. The molecule has 1 rings (SSSR count). The number of halogens is 1. The van der Waals surface area contributed by atoms with Gasteiger partial charge in [-0.05, 0) is 24.6 Å². The van der Waals surface area contributed by atoms with Crippen molar-refractivity contribution in [3.63, 3.8) is 0 Å². The summed E-state index contributed by atoms with van der Waals surface area (Å²) in [5.41, 5.74) is 0.571. The molecule has 0 saturated heterocycles. The second-order valence-corrected chi connectivity index (χ2v) is 4.48. The quantitative estimate of drug-likeness (QED) is 0.640. The van der Waals surface area contributed by atoms with E-state index < -0.39 is 11.8 Å². The van der Waals surface area contributed by atoms with Gasteiger partial charge in [0.1, 0.15) is 0 Å². The van der Waals surface area contributed by atoms with Gasteiger partial charge in [-0.15, -0.1) is 0 Å². The number of hydrogen-bond donors (Lipinski definition) is 2. The molecule has 0 bridgehead atoms. The molecule has 0 spiro atoms. The van der Waals surface area contributed by atoms with E-state index in [2.05, 4.69) is 26.6 Å². The Kier molecular flexibility index (Phi) is 6.38. The monoisotopic (exact) mass is 314 g/mol. The fraction of sp³-hybridized carbons (Fsp3) is 0.333. The minimum Gasteiger partial charge on any atom is -0.385 e. The van der Waals surface area contributed by atoms with Gasteiger partial charge < -0.3 is 15.4 Å². The van der Waals surface area contributed by atoms with Crippen LogP contribution in [0.1, 0.15) is 6.42 Å². The number of anilines is 1. The van der Waals surface area contributed by atoms with Gasteiger partial charge >= 0.3 is 11.8 Å². The van der Waals surface area contributed by atoms with E-state index in [1.807, 2.05) is 6.07 Å². The fourth-order valence-corrected chi connectivity index (χ4v) is 1.65. The molecule has 6 heteroatoms. The predicted molar refractivity (Wildman–Crippen MR) is 72.3 cm³/mol. The number of hydrogen-bond acceptors (Lipinski definition) is 3. The second-order valence-electron chi connectivity index (χ2n) is 3.57. The van der Waals surface area contributed by atoms with E-state index in [9.17, 15) is 9.59 Å². The SMILES string of the molecule is COCCCNC(=O)C(=O)Nc1cccc(Br)c1. The Bertz CT molecular complexity index is 424. The summed E-state index contributed by atoms with van der Waals surface area (Å²) in [6.07, 6.45) is 0.673. The molecule has 0 saturated carbocycles. The number of amides is 2. The summed E-state index contributed by atoms with van der Waals surface area (Å²) in [5, 5.41) is 5.02. The van der Waals surface area contributed by atoms with Gasteiger partial charge in [-0.2, -0.15) is 0 Å². The van der Waals surface area contributed by atoms with Crippen LogP contribution in [0.25, 0.3) is 0 Å². The maximum atomic E-state index is 11.5. The summed E-state index contributed by atoms with van der Waals surface area (Å²) in [6, 6.07) is 7.04. The second kappa shape index (κ2) is 7.84. The van der Waals surface area contributed by atoms with Gasteiger partial charge in [0, 0.05) is 30.4 Å². The number of carbonyl (C=O) groups is 2. The number of rotatable bonds is 5. The molecule has 18 heavy (non-hydrogen) atoms. The molecule has 2 N–H and O–H groups in total. The van der Waals surface area contributed by atoms with Crippen molar-refractivity contribution in [1.82, 2.24) is 5.32 Å². The largest absolute Gasteiger partial charge is 0.385 e. The maximum Gasteiger partial charge on any atom is 0.313 e. The first-order valence-electron chi connectivity index (χ1n) is 5.47. The van der Waals surface area contributed by atoms with Crippen LogP contribution in [0.4, 0.5) is 5.69 Å². The van der Waals surface area contributed by atoms with Crippen LogP contribution in [0.5, 0.6) is 0 Å². The van der Waals surface area contributed by atoms with Crippen LogP contribution in [0.3, 0.4) is 0 Å².